The molecule has 0 aliphatic carbocycles. The number of aromatic nitrogens is 2. The van der Waals surface area contributed by atoms with Gasteiger partial charge in [-0.15, -0.1) is 0 Å². The Hall–Kier alpha value is -1.27. The zero-order chi connectivity index (χ0) is 10.8. The highest BCUT2D eigenvalue weighted by Gasteiger charge is 2.40. The second-order valence-corrected chi connectivity index (χ2v) is 2.78. The number of alkyl halides is 4. The highest BCUT2D eigenvalue weighted by Crippen LogP contribution is 2.22. The monoisotopic (exact) mass is 211 g/mol. The Balaban J connectivity index is 2.53. The van der Waals surface area contributed by atoms with Gasteiger partial charge in [0, 0.05) is 19.4 Å². The minimum Gasteiger partial charge on any atom is -0.349 e. The lowest BCUT2D eigenvalue weighted by Gasteiger charge is -2.15. The fourth-order valence-corrected chi connectivity index (χ4v) is 0.810. The van der Waals surface area contributed by atoms with Gasteiger partial charge in [0.1, 0.15) is 0 Å². The van der Waals surface area contributed by atoms with Crippen LogP contribution in [0, 0.1) is 0 Å². The molecular weight excluding hydrogens is 202 g/mol. The highest BCUT2D eigenvalue weighted by atomic mass is 19.3. The van der Waals surface area contributed by atoms with Crippen LogP contribution in [0.1, 0.15) is 0 Å². The fraction of sp³-hybridized carbons (Fsp3) is 0.571. The molecule has 1 heterocycles. The van der Waals surface area contributed by atoms with Crippen molar-refractivity contribution in [1.29, 1.82) is 0 Å². The lowest BCUT2D eigenvalue weighted by atomic mass is 10.3. The first kappa shape index (κ1) is 10.8. The molecule has 0 amide bonds. The molecule has 0 aliphatic rings. The van der Waals surface area contributed by atoms with Crippen LogP contribution in [-0.4, -0.2) is 28.4 Å². The van der Waals surface area contributed by atoms with E-state index in [1.807, 2.05) is 0 Å². The van der Waals surface area contributed by atoms with Gasteiger partial charge in [-0.1, -0.05) is 0 Å². The fourth-order valence-electron chi connectivity index (χ4n) is 0.810. The topological polar surface area (TPSA) is 29.9 Å². The minimum absolute atomic E-state index is 0.130. The Kier molecular flexibility index (Phi) is 2.97. The number of nitrogens with zero attached hydrogens (tertiary/aromatic N) is 2. The van der Waals surface area contributed by atoms with E-state index in [-0.39, 0.29) is 5.95 Å². The largest absolute Gasteiger partial charge is 0.349 e. The summed E-state index contributed by atoms with van der Waals surface area (Å²) in [5.41, 5.74) is 0. The van der Waals surface area contributed by atoms with Gasteiger partial charge in [0.15, 0.2) is 0 Å². The second kappa shape index (κ2) is 3.85. The van der Waals surface area contributed by atoms with Gasteiger partial charge in [0.25, 0.3) is 0 Å². The zero-order valence-corrected chi connectivity index (χ0v) is 7.35. The number of imidazole rings is 1. The van der Waals surface area contributed by atoms with E-state index in [4.69, 9.17) is 0 Å². The molecule has 0 aromatic carbocycles. The molecule has 80 valence electrons. The SMILES string of the molecule is Cn1ccnc1NCC(F)(F)C(F)F. The van der Waals surface area contributed by atoms with E-state index < -0.39 is 18.9 Å². The molecule has 7 heteroatoms. The smallest absolute Gasteiger partial charge is 0.324 e. The lowest BCUT2D eigenvalue weighted by Crippen LogP contribution is -2.35. The third-order valence-corrected chi connectivity index (χ3v) is 1.62. The van der Waals surface area contributed by atoms with Crippen LogP contribution in [0.4, 0.5) is 23.5 Å². The third kappa shape index (κ3) is 2.36. The molecule has 0 saturated carbocycles. The zero-order valence-electron chi connectivity index (χ0n) is 7.35. The first-order valence-corrected chi connectivity index (χ1v) is 3.80. The quantitative estimate of drug-likeness (QED) is 0.768. The number of anilines is 1. The maximum Gasteiger partial charge on any atom is 0.324 e. The van der Waals surface area contributed by atoms with Crippen molar-refractivity contribution in [3.8, 4) is 0 Å². The molecule has 3 nitrogen and oxygen atoms in total. The van der Waals surface area contributed by atoms with Crippen LogP contribution in [0.25, 0.3) is 0 Å². The number of hydrogen-bond donors (Lipinski definition) is 1. The molecule has 1 N–H and O–H groups in total. The van der Waals surface area contributed by atoms with Crippen LogP contribution in [0.2, 0.25) is 0 Å². The van der Waals surface area contributed by atoms with Crippen LogP contribution >= 0.6 is 0 Å². The van der Waals surface area contributed by atoms with Gasteiger partial charge in [0.2, 0.25) is 5.95 Å². The molecule has 1 aromatic rings. The summed E-state index contributed by atoms with van der Waals surface area (Å²) in [5, 5.41) is 2.14. The number of hydrogen-bond acceptors (Lipinski definition) is 2. The van der Waals surface area contributed by atoms with E-state index >= 15 is 0 Å². The minimum atomic E-state index is -4.04. The van der Waals surface area contributed by atoms with Crippen molar-refractivity contribution in [2.45, 2.75) is 12.3 Å². The van der Waals surface area contributed by atoms with E-state index in [1.165, 1.54) is 17.0 Å². The van der Waals surface area contributed by atoms with Crippen molar-refractivity contribution < 1.29 is 17.6 Å². The molecule has 0 radical (unpaired) electrons. The number of halogens is 4. The van der Waals surface area contributed by atoms with E-state index in [1.54, 1.807) is 7.05 Å². The summed E-state index contributed by atoms with van der Waals surface area (Å²) in [4.78, 5) is 3.65. The maximum absolute atomic E-state index is 12.4. The van der Waals surface area contributed by atoms with Gasteiger partial charge in [-0.25, -0.2) is 13.8 Å². The predicted molar refractivity (Wildman–Crippen MR) is 42.6 cm³/mol. The summed E-state index contributed by atoms with van der Waals surface area (Å²) in [6.07, 6.45) is -0.777. The number of nitrogens with one attached hydrogen (secondary N) is 1. The summed E-state index contributed by atoms with van der Waals surface area (Å²) in [7, 11) is 1.57. The first-order valence-electron chi connectivity index (χ1n) is 3.80. The Morgan fingerprint density at radius 2 is 2.21 bits per heavy atom. The first-order chi connectivity index (χ1) is 6.43. The van der Waals surface area contributed by atoms with Gasteiger partial charge in [-0.3, -0.25) is 0 Å². The van der Waals surface area contributed by atoms with E-state index in [9.17, 15) is 17.6 Å². The molecule has 0 saturated heterocycles. The molecule has 0 fully saturated rings. The van der Waals surface area contributed by atoms with E-state index in [0.717, 1.165) is 0 Å². The normalized spacial score (nSPS) is 12.1. The number of rotatable bonds is 4. The Labute approximate surface area is 77.7 Å². The molecule has 1 aromatic heterocycles. The summed E-state index contributed by atoms with van der Waals surface area (Å²) in [5.74, 6) is -3.91. The lowest BCUT2D eigenvalue weighted by molar-refractivity contribution is -0.117. The van der Waals surface area contributed by atoms with E-state index in [0.29, 0.717) is 0 Å². The van der Waals surface area contributed by atoms with Gasteiger partial charge in [-0.2, -0.15) is 8.78 Å². The molecule has 0 bridgehead atoms. The van der Waals surface area contributed by atoms with Crippen molar-refractivity contribution in [3.63, 3.8) is 0 Å². The molecule has 0 spiro atoms. The molecule has 0 atom stereocenters. The van der Waals surface area contributed by atoms with Crippen molar-refractivity contribution in [2.75, 3.05) is 11.9 Å². The average Bonchev–Trinajstić information content (AvgIpc) is 2.47. The van der Waals surface area contributed by atoms with Crippen LogP contribution in [0.3, 0.4) is 0 Å². The van der Waals surface area contributed by atoms with Gasteiger partial charge in [0.05, 0.1) is 6.54 Å². The highest BCUT2D eigenvalue weighted by molar-refractivity contribution is 5.25. The maximum atomic E-state index is 12.4. The van der Waals surface area contributed by atoms with Gasteiger partial charge in [-0.05, 0) is 0 Å². The van der Waals surface area contributed by atoms with Gasteiger partial charge < -0.3 is 9.88 Å². The Morgan fingerprint density at radius 1 is 1.57 bits per heavy atom. The average molecular weight is 211 g/mol. The predicted octanol–water partition coefficient (Wildman–Crippen LogP) is 1.73. The molecule has 0 unspecified atom stereocenters. The molecule has 14 heavy (non-hydrogen) atoms. The molecular formula is C7H9F4N3. The number of aryl methyl sites for hydroxylation is 1. The van der Waals surface area contributed by atoms with Crippen molar-refractivity contribution in [1.82, 2.24) is 9.55 Å². The van der Waals surface area contributed by atoms with E-state index in [2.05, 4.69) is 10.3 Å². The summed E-state index contributed by atoms with van der Waals surface area (Å²) in [6.45, 7) is -1.13. The Morgan fingerprint density at radius 3 is 2.64 bits per heavy atom. The molecule has 0 aliphatic heterocycles. The summed E-state index contributed by atoms with van der Waals surface area (Å²) in [6, 6.07) is 0. The second-order valence-electron chi connectivity index (χ2n) is 2.78. The summed E-state index contributed by atoms with van der Waals surface area (Å²) < 4.78 is 49.7. The standard InChI is InChI=1S/C7H9F4N3/c1-14-3-2-12-6(14)13-4-7(10,11)5(8)9/h2-3,5H,4H2,1H3,(H,12,13). The van der Waals surface area contributed by atoms with Gasteiger partial charge >= 0.3 is 12.3 Å². The summed E-state index contributed by atoms with van der Waals surface area (Å²) >= 11 is 0. The van der Waals surface area contributed by atoms with Crippen LogP contribution in [0.15, 0.2) is 12.4 Å². The third-order valence-electron chi connectivity index (χ3n) is 1.62. The Bertz CT molecular complexity index is 297. The van der Waals surface area contributed by atoms with Crippen molar-refractivity contribution in [2.24, 2.45) is 7.05 Å². The van der Waals surface area contributed by atoms with Crippen LogP contribution < -0.4 is 5.32 Å². The van der Waals surface area contributed by atoms with Crippen molar-refractivity contribution >= 4 is 5.95 Å². The van der Waals surface area contributed by atoms with Crippen LogP contribution in [0.5, 0.6) is 0 Å². The molecule has 1 rings (SSSR count). The van der Waals surface area contributed by atoms with Crippen LogP contribution in [-0.2, 0) is 7.05 Å². The van der Waals surface area contributed by atoms with Crippen molar-refractivity contribution in [3.05, 3.63) is 12.4 Å².